The number of hydrogen-bond acceptors (Lipinski definition) is 3. The van der Waals surface area contributed by atoms with Crippen LogP contribution in [0.5, 0.6) is 0 Å². The predicted molar refractivity (Wildman–Crippen MR) is 63.9 cm³/mol. The van der Waals surface area contributed by atoms with E-state index in [2.05, 4.69) is 15.1 Å². The molecule has 0 amide bonds. The van der Waals surface area contributed by atoms with Gasteiger partial charge in [0.2, 0.25) is 0 Å². The van der Waals surface area contributed by atoms with Crippen LogP contribution in [0.3, 0.4) is 0 Å². The minimum Gasteiger partial charge on any atom is -0.278 e. The number of halogens is 4. The van der Waals surface area contributed by atoms with Gasteiger partial charge in [-0.15, -0.1) is 0 Å². The van der Waals surface area contributed by atoms with E-state index in [-0.39, 0.29) is 5.78 Å². The smallest absolute Gasteiger partial charge is 0.278 e. The Morgan fingerprint density at radius 2 is 1.80 bits per heavy atom. The van der Waals surface area contributed by atoms with Crippen molar-refractivity contribution in [2.75, 3.05) is 0 Å². The average Bonchev–Trinajstić information content (AvgIpc) is 2.80. The molecule has 0 aliphatic carbocycles. The van der Waals surface area contributed by atoms with Crippen LogP contribution in [0.15, 0.2) is 23.3 Å². The zero-order chi connectivity index (χ0) is 14.4. The highest BCUT2D eigenvalue weighted by molar-refractivity contribution is 6.32. The Labute approximate surface area is 113 Å². The van der Waals surface area contributed by atoms with Crippen molar-refractivity contribution in [3.05, 3.63) is 51.4 Å². The van der Waals surface area contributed by atoms with E-state index in [4.69, 9.17) is 11.6 Å². The summed E-state index contributed by atoms with van der Waals surface area (Å²) in [6, 6.07) is 0.909. The third-order valence-electron chi connectivity index (χ3n) is 2.65. The summed E-state index contributed by atoms with van der Waals surface area (Å²) in [4.78, 5) is 19.6. The first kappa shape index (κ1) is 12.7. The number of aromatic amines is 1. The molecule has 2 heterocycles. The number of H-pyrrole nitrogens is 1. The lowest BCUT2D eigenvalue weighted by Crippen LogP contribution is -2.19. The number of fused-ring (bicyclic) bond motifs is 1. The molecule has 0 aliphatic heterocycles. The van der Waals surface area contributed by atoms with Gasteiger partial charge in [-0.3, -0.25) is 9.89 Å². The SMILES string of the molecule is O=c1c(-c2c(F)cc(F)cc2F)c(Cl)nc2nc[nH]n12. The molecular formula is C11H4ClF3N4O. The van der Waals surface area contributed by atoms with Gasteiger partial charge in [-0.1, -0.05) is 11.6 Å². The zero-order valence-electron chi connectivity index (χ0n) is 9.49. The number of aromatic nitrogens is 4. The van der Waals surface area contributed by atoms with E-state index in [1.165, 1.54) is 6.33 Å². The second kappa shape index (κ2) is 4.34. The summed E-state index contributed by atoms with van der Waals surface area (Å²) in [6.07, 6.45) is 1.17. The lowest BCUT2D eigenvalue weighted by atomic mass is 10.1. The maximum atomic E-state index is 13.7. The van der Waals surface area contributed by atoms with Crippen molar-refractivity contribution in [1.29, 1.82) is 0 Å². The molecule has 0 aliphatic rings. The van der Waals surface area contributed by atoms with Crippen molar-refractivity contribution in [2.24, 2.45) is 0 Å². The molecule has 1 aromatic carbocycles. The Kier molecular flexibility index (Phi) is 2.75. The second-order valence-electron chi connectivity index (χ2n) is 3.85. The van der Waals surface area contributed by atoms with Gasteiger partial charge >= 0.3 is 0 Å². The summed E-state index contributed by atoms with van der Waals surface area (Å²) in [5.41, 5.74) is -2.09. The van der Waals surface area contributed by atoms with Gasteiger partial charge in [0.25, 0.3) is 11.3 Å². The average molecular weight is 301 g/mol. The summed E-state index contributed by atoms with van der Waals surface area (Å²) < 4.78 is 41.3. The fourth-order valence-corrected chi connectivity index (χ4v) is 2.07. The molecule has 0 radical (unpaired) electrons. The fraction of sp³-hybridized carbons (Fsp3) is 0. The van der Waals surface area contributed by atoms with E-state index >= 15 is 0 Å². The Hall–Kier alpha value is -2.35. The number of nitrogens with one attached hydrogen (secondary N) is 1. The number of nitrogens with zero attached hydrogens (tertiary/aromatic N) is 3. The molecule has 9 heteroatoms. The quantitative estimate of drug-likeness (QED) is 0.700. The Balaban J connectivity index is 2.44. The molecule has 3 aromatic rings. The molecule has 2 aromatic heterocycles. The van der Waals surface area contributed by atoms with Gasteiger partial charge < -0.3 is 0 Å². The molecule has 0 bridgehead atoms. The van der Waals surface area contributed by atoms with Crippen LogP contribution in [0.25, 0.3) is 16.9 Å². The van der Waals surface area contributed by atoms with Crippen molar-refractivity contribution in [2.45, 2.75) is 0 Å². The molecule has 0 fully saturated rings. The van der Waals surface area contributed by atoms with Crippen molar-refractivity contribution in [1.82, 2.24) is 19.6 Å². The highest BCUT2D eigenvalue weighted by Crippen LogP contribution is 2.28. The molecule has 0 spiro atoms. The van der Waals surface area contributed by atoms with Gasteiger partial charge in [0, 0.05) is 12.1 Å². The van der Waals surface area contributed by atoms with Gasteiger partial charge in [0.15, 0.2) is 0 Å². The Bertz CT molecular complexity index is 866. The maximum absolute atomic E-state index is 13.7. The molecule has 0 unspecified atom stereocenters. The summed E-state index contributed by atoms with van der Waals surface area (Å²) in [7, 11) is 0. The Morgan fingerprint density at radius 3 is 2.45 bits per heavy atom. The van der Waals surface area contributed by atoms with Gasteiger partial charge in [0.05, 0.1) is 11.1 Å². The number of rotatable bonds is 1. The van der Waals surface area contributed by atoms with E-state index in [1.54, 1.807) is 0 Å². The van der Waals surface area contributed by atoms with Crippen molar-refractivity contribution >= 4 is 17.4 Å². The van der Waals surface area contributed by atoms with Gasteiger partial charge in [-0.25, -0.2) is 18.2 Å². The van der Waals surface area contributed by atoms with E-state index in [9.17, 15) is 18.0 Å². The number of benzene rings is 1. The first-order valence-corrected chi connectivity index (χ1v) is 5.63. The molecule has 0 atom stereocenters. The molecule has 20 heavy (non-hydrogen) atoms. The highest BCUT2D eigenvalue weighted by Gasteiger charge is 2.22. The van der Waals surface area contributed by atoms with Crippen LogP contribution in [0.4, 0.5) is 13.2 Å². The third-order valence-corrected chi connectivity index (χ3v) is 2.92. The van der Waals surface area contributed by atoms with Crippen LogP contribution >= 0.6 is 11.6 Å². The minimum absolute atomic E-state index is 0.0494. The maximum Gasteiger partial charge on any atom is 0.283 e. The van der Waals surface area contributed by atoms with Crippen molar-refractivity contribution < 1.29 is 13.2 Å². The highest BCUT2D eigenvalue weighted by atomic mass is 35.5. The zero-order valence-corrected chi connectivity index (χ0v) is 10.2. The molecule has 0 saturated heterocycles. The second-order valence-corrected chi connectivity index (χ2v) is 4.21. The lowest BCUT2D eigenvalue weighted by Gasteiger charge is -2.06. The van der Waals surface area contributed by atoms with Crippen molar-refractivity contribution in [3.8, 4) is 11.1 Å². The molecule has 102 valence electrons. The van der Waals surface area contributed by atoms with Crippen LogP contribution in [-0.2, 0) is 0 Å². The normalized spacial score (nSPS) is 11.2. The largest absolute Gasteiger partial charge is 0.283 e. The standard InChI is InChI=1S/C11H4ClF3N4O/c12-9-8(7-5(14)1-4(13)2-6(7)15)10(20)19-11(18-9)16-3-17-19/h1-3H,(H,16,17,18). The summed E-state index contributed by atoms with van der Waals surface area (Å²) in [5.74, 6) is -3.65. The van der Waals surface area contributed by atoms with Crippen LogP contribution in [-0.4, -0.2) is 19.6 Å². The summed E-state index contributed by atoms with van der Waals surface area (Å²) >= 11 is 5.78. The Morgan fingerprint density at radius 1 is 1.15 bits per heavy atom. The van der Waals surface area contributed by atoms with E-state index in [1.807, 2.05) is 0 Å². The fourth-order valence-electron chi connectivity index (χ4n) is 1.82. The lowest BCUT2D eigenvalue weighted by molar-refractivity contribution is 0.547. The topological polar surface area (TPSA) is 63.0 Å². The van der Waals surface area contributed by atoms with Crippen LogP contribution < -0.4 is 5.56 Å². The first-order chi connectivity index (χ1) is 9.49. The van der Waals surface area contributed by atoms with Gasteiger partial charge in [0.1, 0.15) is 28.9 Å². The van der Waals surface area contributed by atoms with Crippen LogP contribution in [0.2, 0.25) is 5.15 Å². The van der Waals surface area contributed by atoms with E-state index < -0.39 is 39.3 Å². The molecule has 0 saturated carbocycles. The van der Waals surface area contributed by atoms with Crippen LogP contribution in [0.1, 0.15) is 0 Å². The van der Waals surface area contributed by atoms with E-state index in [0.717, 1.165) is 4.52 Å². The minimum atomic E-state index is -1.25. The van der Waals surface area contributed by atoms with Gasteiger partial charge in [-0.2, -0.15) is 9.50 Å². The predicted octanol–water partition coefficient (Wildman–Crippen LogP) is 2.16. The molecule has 3 rings (SSSR count). The molecule has 1 N–H and O–H groups in total. The number of hydrogen-bond donors (Lipinski definition) is 1. The summed E-state index contributed by atoms with van der Waals surface area (Å²) in [6.45, 7) is 0. The van der Waals surface area contributed by atoms with E-state index in [0.29, 0.717) is 12.1 Å². The first-order valence-electron chi connectivity index (χ1n) is 5.25. The summed E-state index contributed by atoms with van der Waals surface area (Å²) in [5, 5.41) is 2.00. The molecular weight excluding hydrogens is 297 g/mol. The van der Waals surface area contributed by atoms with Gasteiger partial charge in [-0.05, 0) is 0 Å². The van der Waals surface area contributed by atoms with Crippen molar-refractivity contribution in [3.63, 3.8) is 0 Å². The molecule has 5 nitrogen and oxygen atoms in total. The third kappa shape index (κ3) is 1.76. The monoisotopic (exact) mass is 300 g/mol. The van der Waals surface area contributed by atoms with Crippen LogP contribution in [0, 0.1) is 17.5 Å².